The Kier molecular flexibility index (Phi) is 3.85. The number of rotatable bonds is 2. The van der Waals surface area contributed by atoms with Crippen LogP contribution in [0.2, 0.25) is 0 Å². The molecule has 2 aromatic carbocycles. The number of nitrogens with one attached hydrogen (secondary N) is 2. The Morgan fingerprint density at radius 3 is 1.48 bits per heavy atom. The summed E-state index contributed by atoms with van der Waals surface area (Å²) in [5, 5.41) is 0. The molecule has 0 amide bonds. The molecule has 5 aromatic rings. The van der Waals surface area contributed by atoms with Gasteiger partial charge in [0.1, 0.15) is 11.4 Å². The maximum atomic E-state index is 4.72. The number of aromatic amines is 2. The molecule has 0 fully saturated rings. The van der Waals surface area contributed by atoms with Crippen molar-refractivity contribution in [3.05, 3.63) is 66.7 Å². The number of imidazole rings is 2. The molecule has 0 aliphatic heterocycles. The summed E-state index contributed by atoms with van der Waals surface area (Å²) >= 11 is 0. The molecule has 0 spiro atoms. The van der Waals surface area contributed by atoms with E-state index in [0.717, 1.165) is 45.1 Å². The zero-order chi connectivity index (χ0) is 15.9. The van der Waals surface area contributed by atoms with Gasteiger partial charge in [-0.05, 0) is 36.4 Å². The summed E-state index contributed by atoms with van der Waals surface area (Å²) in [6, 6.07) is 21.8. The third kappa shape index (κ3) is 2.72. The van der Waals surface area contributed by atoms with Gasteiger partial charge < -0.3 is 9.97 Å². The first kappa shape index (κ1) is 15.6. The molecule has 1 radical (unpaired) electrons. The van der Waals surface area contributed by atoms with E-state index in [0.29, 0.717) is 0 Å². The van der Waals surface area contributed by atoms with E-state index in [-0.39, 0.29) is 17.4 Å². The quantitative estimate of drug-likeness (QED) is 0.495. The average molecular weight is 363 g/mol. The molecule has 6 heteroatoms. The van der Waals surface area contributed by atoms with Crippen molar-refractivity contribution in [3.63, 3.8) is 0 Å². The molecule has 0 aliphatic rings. The average Bonchev–Trinajstić information content (AvgIpc) is 3.26. The zero-order valence-corrected chi connectivity index (χ0v) is 14.4. The Hall–Kier alpha value is -2.94. The van der Waals surface area contributed by atoms with Crippen LogP contribution < -0.4 is 0 Å². The van der Waals surface area contributed by atoms with E-state index in [1.54, 1.807) is 0 Å². The fraction of sp³-hybridized carbons (Fsp3) is 0. The van der Waals surface area contributed by atoms with Gasteiger partial charge in [-0.15, -0.1) is 0 Å². The molecule has 0 bridgehead atoms. The Bertz CT molecular complexity index is 1020. The van der Waals surface area contributed by atoms with Crippen LogP contribution in [0.3, 0.4) is 0 Å². The van der Waals surface area contributed by atoms with Crippen molar-refractivity contribution in [2.75, 3.05) is 0 Å². The van der Waals surface area contributed by atoms with Crippen molar-refractivity contribution in [3.8, 4) is 23.0 Å². The number of hydrogen-bond acceptors (Lipinski definition) is 3. The van der Waals surface area contributed by atoms with Crippen LogP contribution in [0.25, 0.3) is 45.1 Å². The normalized spacial score (nSPS) is 10.9. The summed E-state index contributed by atoms with van der Waals surface area (Å²) in [7, 11) is 0. The van der Waals surface area contributed by atoms with Crippen LogP contribution in [0.5, 0.6) is 0 Å². The van der Waals surface area contributed by atoms with Crippen LogP contribution in [-0.4, -0.2) is 24.9 Å². The standard InChI is InChI=1S/C19H13N5.Cr/c1-2-7-13-12(6-1)21-18(22-13)16-10-5-11-17(20-16)19-23-14-8-3-4-9-15(14)24-19;/h1-11H,(H,21,22)(H,23,24);/q;+3. The molecular formula is C19H13CrN5+3. The maximum absolute atomic E-state index is 4.72. The summed E-state index contributed by atoms with van der Waals surface area (Å²) in [5.41, 5.74) is 5.46. The first-order valence-corrected chi connectivity index (χ1v) is 7.74. The second kappa shape index (κ2) is 6.17. The molecule has 3 aromatic heterocycles. The molecule has 5 nitrogen and oxygen atoms in total. The number of nitrogens with zero attached hydrogens (tertiary/aromatic N) is 3. The summed E-state index contributed by atoms with van der Waals surface area (Å²) in [4.78, 5) is 20.6. The number of para-hydroxylation sites is 4. The monoisotopic (exact) mass is 363 g/mol. The van der Waals surface area contributed by atoms with Gasteiger partial charge in [0, 0.05) is 0 Å². The topological polar surface area (TPSA) is 70.2 Å². The smallest absolute Gasteiger partial charge is 0.337 e. The molecule has 3 heterocycles. The summed E-state index contributed by atoms with van der Waals surface area (Å²) in [6.07, 6.45) is 0. The van der Waals surface area contributed by atoms with E-state index in [1.807, 2.05) is 66.7 Å². The van der Waals surface area contributed by atoms with E-state index in [9.17, 15) is 0 Å². The van der Waals surface area contributed by atoms with E-state index >= 15 is 0 Å². The molecule has 25 heavy (non-hydrogen) atoms. The number of pyridine rings is 1. The first-order chi connectivity index (χ1) is 11.9. The van der Waals surface area contributed by atoms with Gasteiger partial charge in [-0.1, -0.05) is 30.3 Å². The van der Waals surface area contributed by atoms with Crippen LogP contribution >= 0.6 is 0 Å². The van der Waals surface area contributed by atoms with Gasteiger partial charge in [-0.2, -0.15) is 0 Å². The Labute approximate surface area is 154 Å². The number of hydrogen-bond donors (Lipinski definition) is 2. The van der Waals surface area contributed by atoms with Gasteiger partial charge in [0.2, 0.25) is 0 Å². The minimum absolute atomic E-state index is 0. The molecule has 0 unspecified atom stereocenters. The van der Waals surface area contributed by atoms with Gasteiger partial charge in [-0.3, -0.25) is 0 Å². The Morgan fingerprint density at radius 1 is 0.520 bits per heavy atom. The summed E-state index contributed by atoms with van der Waals surface area (Å²) in [6.45, 7) is 0. The second-order valence-corrected chi connectivity index (χ2v) is 5.61. The van der Waals surface area contributed by atoms with Crippen molar-refractivity contribution in [1.29, 1.82) is 0 Å². The van der Waals surface area contributed by atoms with Crippen molar-refractivity contribution in [1.82, 2.24) is 24.9 Å². The van der Waals surface area contributed by atoms with E-state index in [1.165, 1.54) is 0 Å². The predicted molar refractivity (Wildman–Crippen MR) is 94.4 cm³/mol. The number of H-pyrrole nitrogens is 2. The zero-order valence-electron chi connectivity index (χ0n) is 13.1. The van der Waals surface area contributed by atoms with Crippen LogP contribution in [0.4, 0.5) is 0 Å². The van der Waals surface area contributed by atoms with E-state index in [2.05, 4.69) is 19.9 Å². The van der Waals surface area contributed by atoms with Crippen LogP contribution in [0.15, 0.2) is 66.7 Å². The Balaban J connectivity index is 0.00000157. The largest absolute Gasteiger partial charge is 3.00 e. The van der Waals surface area contributed by atoms with Gasteiger partial charge >= 0.3 is 17.4 Å². The first-order valence-electron chi connectivity index (χ1n) is 7.74. The molecule has 0 atom stereocenters. The molecule has 117 valence electrons. The predicted octanol–water partition coefficient (Wildman–Crippen LogP) is 4.17. The minimum atomic E-state index is 0. The number of aromatic nitrogens is 5. The molecule has 0 saturated carbocycles. The van der Waals surface area contributed by atoms with Gasteiger partial charge in [-0.25, -0.2) is 15.0 Å². The van der Waals surface area contributed by atoms with Gasteiger partial charge in [0.15, 0.2) is 11.6 Å². The third-order valence-electron chi connectivity index (χ3n) is 4.01. The van der Waals surface area contributed by atoms with Crippen molar-refractivity contribution in [2.24, 2.45) is 0 Å². The van der Waals surface area contributed by atoms with E-state index < -0.39 is 0 Å². The molecule has 5 rings (SSSR count). The fourth-order valence-corrected chi connectivity index (χ4v) is 2.85. The molecule has 0 aliphatic carbocycles. The number of fused-ring (bicyclic) bond motifs is 2. The van der Waals surface area contributed by atoms with E-state index in [4.69, 9.17) is 4.98 Å². The van der Waals surface area contributed by atoms with Crippen molar-refractivity contribution >= 4 is 22.1 Å². The number of benzene rings is 2. The van der Waals surface area contributed by atoms with Crippen LogP contribution in [0.1, 0.15) is 0 Å². The molecular weight excluding hydrogens is 350 g/mol. The van der Waals surface area contributed by atoms with Gasteiger partial charge in [0.25, 0.3) is 0 Å². The van der Waals surface area contributed by atoms with Crippen LogP contribution in [0, 0.1) is 0 Å². The molecule has 2 N–H and O–H groups in total. The summed E-state index contributed by atoms with van der Waals surface area (Å²) < 4.78 is 0. The Morgan fingerprint density at radius 2 is 1.00 bits per heavy atom. The fourth-order valence-electron chi connectivity index (χ4n) is 2.85. The minimum Gasteiger partial charge on any atom is -0.337 e. The van der Waals surface area contributed by atoms with Crippen molar-refractivity contribution in [2.45, 2.75) is 0 Å². The SMILES string of the molecule is [Cr+3].c1cc(-c2nc3ccccc3[nH]2)nc(-c2nc3ccccc3[nH]2)c1. The van der Waals surface area contributed by atoms with Gasteiger partial charge in [0.05, 0.1) is 22.1 Å². The molecule has 0 saturated heterocycles. The van der Waals surface area contributed by atoms with Crippen LogP contribution in [-0.2, 0) is 17.4 Å². The summed E-state index contributed by atoms with van der Waals surface area (Å²) in [5.74, 6) is 1.52. The maximum Gasteiger partial charge on any atom is 3.00 e. The second-order valence-electron chi connectivity index (χ2n) is 5.61. The third-order valence-corrected chi connectivity index (χ3v) is 4.01. The van der Waals surface area contributed by atoms with Crippen molar-refractivity contribution < 1.29 is 17.4 Å².